The minimum Gasteiger partial charge on any atom is -0.352 e. The van der Waals surface area contributed by atoms with Crippen molar-refractivity contribution >= 4 is 33.9 Å². The normalized spacial score (nSPS) is 10.6. The zero-order valence-corrected chi connectivity index (χ0v) is 15.5. The van der Waals surface area contributed by atoms with Crippen molar-refractivity contribution in [1.29, 1.82) is 0 Å². The van der Waals surface area contributed by atoms with Crippen LogP contribution in [0, 0.1) is 0 Å². The van der Waals surface area contributed by atoms with E-state index in [0.29, 0.717) is 12.2 Å². The molecule has 1 amide bonds. The van der Waals surface area contributed by atoms with Crippen LogP contribution in [0.15, 0.2) is 85.2 Å². The number of hydrogen-bond acceptors (Lipinski definition) is 4. The molecule has 0 bridgehead atoms. The fraction of sp³-hybridized carbons (Fsp3) is 0.0870. The molecule has 2 aromatic heterocycles. The van der Waals surface area contributed by atoms with E-state index in [1.807, 2.05) is 73.7 Å². The highest BCUT2D eigenvalue weighted by molar-refractivity contribution is 6.04. The van der Waals surface area contributed by atoms with Gasteiger partial charge in [-0.15, -0.1) is 0 Å². The van der Waals surface area contributed by atoms with Gasteiger partial charge in [-0.2, -0.15) is 0 Å². The molecule has 2 aromatic carbocycles. The molecular formula is C23H20N4O. The molecule has 0 spiro atoms. The molecule has 0 aliphatic rings. The highest BCUT2D eigenvalue weighted by Gasteiger charge is 2.17. The van der Waals surface area contributed by atoms with Crippen LogP contribution < -0.4 is 10.2 Å². The Morgan fingerprint density at radius 2 is 1.75 bits per heavy atom. The second kappa shape index (κ2) is 7.88. The second-order valence-corrected chi connectivity index (χ2v) is 6.32. The molecule has 0 saturated carbocycles. The molecule has 0 saturated heterocycles. The molecule has 5 nitrogen and oxygen atoms in total. The monoisotopic (exact) mass is 368 g/mol. The predicted octanol–water partition coefficient (Wildman–Crippen LogP) is 5.04. The summed E-state index contributed by atoms with van der Waals surface area (Å²) >= 11 is 0. The van der Waals surface area contributed by atoms with E-state index in [1.165, 1.54) is 0 Å². The van der Waals surface area contributed by atoms with Gasteiger partial charge in [0.15, 0.2) is 0 Å². The van der Waals surface area contributed by atoms with Gasteiger partial charge in [0.05, 0.1) is 23.1 Å². The second-order valence-electron chi connectivity index (χ2n) is 6.32. The lowest BCUT2D eigenvalue weighted by molar-refractivity contribution is 0.0983. The van der Waals surface area contributed by atoms with Crippen LogP contribution in [0.5, 0.6) is 0 Å². The van der Waals surface area contributed by atoms with Crippen molar-refractivity contribution < 1.29 is 4.79 Å². The van der Waals surface area contributed by atoms with Crippen LogP contribution in [0.4, 0.5) is 17.1 Å². The highest BCUT2D eigenvalue weighted by Crippen LogP contribution is 2.24. The Kier molecular flexibility index (Phi) is 4.97. The smallest absolute Gasteiger partial charge is 0.276 e. The number of nitrogens with one attached hydrogen (secondary N) is 1. The number of amides is 1. The summed E-state index contributed by atoms with van der Waals surface area (Å²) in [5, 5.41) is 4.40. The number of benzene rings is 2. The van der Waals surface area contributed by atoms with E-state index in [1.54, 1.807) is 23.4 Å². The number of hydrogen-bond donors (Lipinski definition) is 1. The minimum atomic E-state index is -0.118. The molecule has 138 valence electrons. The van der Waals surface area contributed by atoms with Gasteiger partial charge in [-0.1, -0.05) is 36.4 Å². The minimum absolute atomic E-state index is 0.118. The molecule has 0 aliphatic carbocycles. The van der Waals surface area contributed by atoms with E-state index < -0.39 is 0 Å². The van der Waals surface area contributed by atoms with Crippen LogP contribution in [-0.4, -0.2) is 22.4 Å². The van der Waals surface area contributed by atoms with E-state index in [9.17, 15) is 4.79 Å². The molecule has 0 fully saturated rings. The van der Waals surface area contributed by atoms with Crippen LogP contribution in [0.2, 0.25) is 0 Å². The quantitative estimate of drug-likeness (QED) is 0.536. The third-order valence-electron chi connectivity index (χ3n) is 4.52. The Balaban J connectivity index is 1.56. The van der Waals surface area contributed by atoms with Crippen molar-refractivity contribution in [3.63, 3.8) is 0 Å². The predicted molar refractivity (Wildman–Crippen MR) is 113 cm³/mol. The van der Waals surface area contributed by atoms with Gasteiger partial charge < -0.3 is 10.2 Å². The number of para-hydroxylation sites is 2. The Morgan fingerprint density at radius 3 is 2.50 bits per heavy atom. The van der Waals surface area contributed by atoms with Crippen LogP contribution >= 0.6 is 0 Å². The van der Waals surface area contributed by atoms with Crippen molar-refractivity contribution in [1.82, 2.24) is 9.97 Å². The molecule has 4 aromatic rings. The van der Waals surface area contributed by atoms with Crippen molar-refractivity contribution in [3.8, 4) is 0 Å². The standard InChI is InChI=1S/C23H20N4O/c1-2-27(19-10-4-3-5-11-19)23(28)21-14-13-18(16-25-21)26-20-12-6-8-17-9-7-15-24-22(17)20/h3-16,26H,2H2,1H3. The molecule has 0 unspecified atom stereocenters. The number of rotatable bonds is 5. The Hall–Kier alpha value is -3.73. The zero-order chi connectivity index (χ0) is 19.3. The number of aromatic nitrogens is 2. The number of carbonyl (C=O) groups is 1. The summed E-state index contributed by atoms with van der Waals surface area (Å²) in [6.07, 6.45) is 3.45. The molecular weight excluding hydrogens is 348 g/mol. The van der Waals surface area contributed by atoms with E-state index >= 15 is 0 Å². The Morgan fingerprint density at radius 1 is 0.929 bits per heavy atom. The first-order valence-corrected chi connectivity index (χ1v) is 9.20. The summed E-state index contributed by atoms with van der Waals surface area (Å²) in [5.74, 6) is -0.118. The molecule has 0 radical (unpaired) electrons. The summed E-state index contributed by atoms with van der Waals surface area (Å²) in [7, 11) is 0. The Bertz CT molecular complexity index is 1090. The SMILES string of the molecule is CCN(C(=O)c1ccc(Nc2cccc3cccnc23)cn1)c1ccccc1. The van der Waals surface area contributed by atoms with E-state index in [4.69, 9.17) is 0 Å². The zero-order valence-electron chi connectivity index (χ0n) is 15.5. The van der Waals surface area contributed by atoms with Gasteiger partial charge >= 0.3 is 0 Å². The topological polar surface area (TPSA) is 58.1 Å². The number of anilines is 3. The van der Waals surface area contributed by atoms with Gasteiger partial charge in [-0.3, -0.25) is 9.78 Å². The van der Waals surface area contributed by atoms with Crippen molar-refractivity contribution in [2.75, 3.05) is 16.8 Å². The fourth-order valence-electron chi connectivity index (χ4n) is 3.14. The summed E-state index contributed by atoms with van der Waals surface area (Å²) < 4.78 is 0. The maximum Gasteiger partial charge on any atom is 0.276 e. The van der Waals surface area contributed by atoms with E-state index in [-0.39, 0.29) is 5.91 Å². The number of pyridine rings is 2. The van der Waals surface area contributed by atoms with E-state index in [0.717, 1.165) is 28.0 Å². The van der Waals surface area contributed by atoms with Gasteiger partial charge in [-0.25, -0.2) is 4.98 Å². The summed E-state index contributed by atoms with van der Waals surface area (Å²) in [4.78, 5) is 23.4. The van der Waals surface area contributed by atoms with Crippen molar-refractivity contribution in [3.05, 3.63) is 90.9 Å². The fourth-order valence-corrected chi connectivity index (χ4v) is 3.14. The van der Waals surface area contributed by atoms with E-state index in [2.05, 4.69) is 15.3 Å². The Labute approximate surface area is 163 Å². The first kappa shape index (κ1) is 17.7. The van der Waals surface area contributed by atoms with Crippen molar-refractivity contribution in [2.45, 2.75) is 6.92 Å². The van der Waals surface area contributed by atoms with Crippen LogP contribution in [0.3, 0.4) is 0 Å². The average molecular weight is 368 g/mol. The molecule has 0 atom stereocenters. The molecule has 2 heterocycles. The number of fused-ring (bicyclic) bond motifs is 1. The lowest BCUT2D eigenvalue weighted by Gasteiger charge is -2.20. The first-order valence-electron chi connectivity index (χ1n) is 9.20. The van der Waals surface area contributed by atoms with Crippen LogP contribution in [0.25, 0.3) is 10.9 Å². The molecule has 28 heavy (non-hydrogen) atoms. The maximum atomic E-state index is 12.9. The van der Waals surface area contributed by atoms with Crippen LogP contribution in [-0.2, 0) is 0 Å². The summed E-state index contributed by atoms with van der Waals surface area (Å²) in [6.45, 7) is 2.53. The third-order valence-corrected chi connectivity index (χ3v) is 4.52. The van der Waals surface area contributed by atoms with Gasteiger partial charge in [-0.05, 0) is 43.3 Å². The van der Waals surface area contributed by atoms with Gasteiger partial charge in [0, 0.05) is 23.8 Å². The molecule has 5 heteroatoms. The summed E-state index contributed by atoms with van der Waals surface area (Å²) in [5.41, 5.74) is 3.87. The first-order chi connectivity index (χ1) is 13.8. The number of carbonyl (C=O) groups excluding carboxylic acids is 1. The largest absolute Gasteiger partial charge is 0.352 e. The van der Waals surface area contributed by atoms with Gasteiger partial charge in [0.2, 0.25) is 0 Å². The van der Waals surface area contributed by atoms with Gasteiger partial charge in [0.25, 0.3) is 5.91 Å². The maximum absolute atomic E-state index is 12.9. The lowest BCUT2D eigenvalue weighted by atomic mass is 10.2. The third kappa shape index (κ3) is 3.55. The molecule has 0 aliphatic heterocycles. The van der Waals surface area contributed by atoms with Gasteiger partial charge in [0.1, 0.15) is 5.69 Å². The highest BCUT2D eigenvalue weighted by atomic mass is 16.2. The average Bonchev–Trinajstić information content (AvgIpc) is 2.76. The summed E-state index contributed by atoms with van der Waals surface area (Å²) in [6, 6.07) is 23.1. The van der Waals surface area contributed by atoms with Crippen molar-refractivity contribution in [2.24, 2.45) is 0 Å². The lowest BCUT2D eigenvalue weighted by Crippen LogP contribution is -2.31. The van der Waals surface area contributed by atoms with Crippen LogP contribution in [0.1, 0.15) is 17.4 Å². The number of nitrogens with zero attached hydrogens (tertiary/aromatic N) is 3. The molecule has 4 rings (SSSR count). The molecule has 1 N–H and O–H groups in total.